The summed E-state index contributed by atoms with van der Waals surface area (Å²) in [5.74, 6) is 0.770. The first-order valence-corrected chi connectivity index (χ1v) is 11.8. The molecule has 0 spiro atoms. The maximum Gasteiger partial charge on any atom is 0.260 e. The number of carbonyl (C=O) groups is 1. The zero-order valence-corrected chi connectivity index (χ0v) is 20.1. The van der Waals surface area contributed by atoms with E-state index in [0.29, 0.717) is 18.7 Å². The number of ether oxygens (including phenoxy) is 1. The van der Waals surface area contributed by atoms with Crippen LogP contribution in [0.5, 0.6) is 5.75 Å². The molecule has 0 aliphatic heterocycles. The number of thiazole rings is 1. The lowest BCUT2D eigenvalue weighted by atomic mass is 10.1. The van der Waals surface area contributed by atoms with Gasteiger partial charge in [0.05, 0.1) is 16.8 Å². The first-order chi connectivity index (χ1) is 14.9. The molecular formula is C25H33N3O2S. The molecule has 0 saturated carbocycles. The molecule has 3 rings (SSSR count). The number of benzene rings is 2. The molecule has 2 aromatic carbocycles. The summed E-state index contributed by atoms with van der Waals surface area (Å²) in [6.45, 7) is 8.39. The highest BCUT2D eigenvalue weighted by molar-refractivity contribution is 7.22. The molecule has 1 aromatic heterocycles. The van der Waals surface area contributed by atoms with Gasteiger partial charge >= 0.3 is 0 Å². The van der Waals surface area contributed by atoms with Crippen molar-refractivity contribution in [1.29, 1.82) is 0 Å². The minimum atomic E-state index is -0.0344. The van der Waals surface area contributed by atoms with Crippen molar-refractivity contribution in [1.82, 2.24) is 9.88 Å². The second kappa shape index (κ2) is 10.7. The predicted octanol–water partition coefficient (Wildman–Crippen LogP) is 5.69. The summed E-state index contributed by atoms with van der Waals surface area (Å²) < 4.78 is 6.91. The maximum absolute atomic E-state index is 13.4. The Labute approximate surface area is 189 Å². The minimum absolute atomic E-state index is 0.0344. The molecule has 166 valence electrons. The molecule has 0 unspecified atom stereocenters. The summed E-state index contributed by atoms with van der Waals surface area (Å²) in [6, 6.07) is 11.7. The Morgan fingerprint density at radius 2 is 1.81 bits per heavy atom. The van der Waals surface area contributed by atoms with Crippen LogP contribution in [0.15, 0.2) is 36.4 Å². The molecule has 0 N–H and O–H groups in total. The first kappa shape index (κ1) is 23.2. The third kappa shape index (κ3) is 6.05. The highest BCUT2D eigenvalue weighted by atomic mass is 32.1. The number of anilines is 1. The van der Waals surface area contributed by atoms with Gasteiger partial charge in [0.15, 0.2) is 5.13 Å². The molecule has 0 radical (unpaired) electrons. The fourth-order valence-electron chi connectivity index (χ4n) is 3.45. The SMILES string of the molecule is CCCCCOc1ccc(C(=O)N(CCN(C)C)c2nc3c(C)cc(C)cc3s2)cc1. The first-order valence-electron chi connectivity index (χ1n) is 11.0. The van der Waals surface area contributed by atoms with Crippen molar-refractivity contribution in [3.63, 3.8) is 0 Å². The second-order valence-corrected chi connectivity index (χ2v) is 9.27. The molecule has 1 amide bonds. The molecule has 3 aromatic rings. The van der Waals surface area contributed by atoms with Crippen molar-refractivity contribution >= 4 is 32.6 Å². The molecule has 1 heterocycles. The molecule has 0 aliphatic carbocycles. The second-order valence-electron chi connectivity index (χ2n) is 8.27. The van der Waals surface area contributed by atoms with E-state index in [4.69, 9.17) is 9.72 Å². The summed E-state index contributed by atoms with van der Waals surface area (Å²) in [7, 11) is 4.03. The van der Waals surface area contributed by atoms with Gasteiger partial charge in [-0.3, -0.25) is 9.69 Å². The van der Waals surface area contributed by atoms with Gasteiger partial charge in [-0.05, 0) is 75.8 Å². The van der Waals surface area contributed by atoms with Crippen LogP contribution in [-0.4, -0.2) is 49.6 Å². The highest BCUT2D eigenvalue weighted by Gasteiger charge is 2.22. The van der Waals surface area contributed by atoms with E-state index in [-0.39, 0.29) is 5.91 Å². The van der Waals surface area contributed by atoms with Gasteiger partial charge in [-0.1, -0.05) is 37.2 Å². The van der Waals surface area contributed by atoms with Crippen LogP contribution in [0.4, 0.5) is 5.13 Å². The summed E-state index contributed by atoms with van der Waals surface area (Å²) in [6.07, 6.45) is 3.38. The van der Waals surface area contributed by atoms with E-state index in [0.717, 1.165) is 39.6 Å². The zero-order chi connectivity index (χ0) is 22.4. The number of rotatable bonds is 10. The van der Waals surface area contributed by atoms with Crippen LogP contribution >= 0.6 is 11.3 Å². The zero-order valence-electron chi connectivity index (χ0n) is 19.3. The lowest BCUT2D eigenvalue weighted by Crippen LogP contribution is -2.36. The molecular weight excluding hydrogens is 406 g/mol. The molecule has 5 nitrogen and oxygen atoms in total. The molecule has 0 fully saturated rings. The van der Waals surface area contributed by atoms with Crippen LogP contribution in [0.1, 0.15) is 47.7 Å². The van der Waals surface area contributed by atoms with E-state index >= 15 is 0 Å². The fraction of sp³-hybridized carbons (Fsp3) is 0.440. The number of unbranched alkanes of at least 4 members (excludes halogenated alkanes) is 2. The number of aromatic nitrogens is 1. The summed E-state index contributed by atoms with van der Waals surface area (Å²) >= 11 is 1.58. The van der Waals surface area contributed by atoms with E-state index in [1.54, 1.807) is 16.2 Å². The Balaban J connectivity index is 1.83. The van der Waals surface area contributed by atoms with Crippen molar-refractivity contribution in [2.45, 2.75) is 40.0 Å². The van der Waals surface area contributed by atoms with E-state index < -0.39 is 0 Å². The van der Waals surface area contributed by atoms with Crippen molar-refractivity contribution in [2.75, 3.05) is 38.7 Å². The van der Waals surface area contributed by atoms with Crippen LogP contribution in [0.3, 0.4) is 0 Å². The fourth-order valence-corrected chi connectivity index (χ4v) is 4.62. The monoisotopic (exact) mass is 439 g/mol. The minimum Gasteiger partial charge on any atom is -0.494 e. The Bertz CT molecular complexity index is 1010. The van der Waals surface area contributed by atoms with Gasteiger partial charge in [0.25, 0.3) is 5.91 Å². The Hall–Kier alpha value is -2.44. The quantitative estimate of drug-likeness (QED) is 0.381. The van der Waals surface area contributed by atoms with Gasteiger partial charge in [-0.15, -0.1) is 0 Å². The van der Waals surface area contributed by atoms with Crippen LogP contribution < -0.4 is 9.64 Å². The average molecular weight is 440 g/mol. The predicted molar refractivity (Wildman–Crippen MR) is 131 cm³/mol. The third-order valence-corrected chi connectivity index (χ3v) is 6.21. The van der Waals surface area contributed by atoms with E-state index in [1.807, 2.05) is 38.4 Å². The Morgan fingerprint density at radius 1 is 1.06 bits per heavy atom. The van der Waals surface area contributed by atoms with Gasteiger partial charge in [0.1, 0.15) is 5.75 Å². The normalized spacial score (nSPS) is 11.3. The molecule has 0 aliphatic rings. The highest BCUT2D eigenvalue weighted by Crippen LogP contribution is 2.32. The van der Waals surface area contributed by atoms with Gasteiger partial charge in [0.2, 0.25) is 0 Å². The van der Waals surface area contributed by atoms with Crippen molar-refractivity contribution < 1.29 is 9.53 Å². The van der Waals surface area contributed by atoms with E-state index in [2.05, 4.69) is 37.8 Å². The largest absolute Gasteiger partial charge is 0.494 e. The number of aryl methyl sites for hydroxylation is 2. The van der Waals surface area contributed by atoms with Crippen LogP contribution in [0.25, 0.3) is 10.2 Å². The van der Waals surface area contributed by atoms with E-state index in [9.17, 15) is 4.79 Å². The summed E-state index contributed by atoms with van der Waals surface area (Å²) in [4.78, 5) is 22.1. The smallest absolute Gasteiger partial charge is 0.260 e. The molecule has 0 bridgehead atoms. The average Bonchev–Trinajstić information content (AvgIpc) is 3.15. The Morgan fingerprint density at radius 3 is 2.48 bits per heavy atom. The third-order valence-electron chi connectivity index (χ3n) is 5.18. The van der Waals surface area contributed by atoms with Gasteiger partial charge in [-0.25, -0.2) is 4.98 Å². The van der Waals surface area contributed by atoms with Gasteiger partial charge in [0, 0.05) is 18.7 Å². The number of hydrogen-bond acceptors (Lipinski definition) is 5. The van der Waals surface area contributed by atoms with Crippen molar-refractivity contribution in [3.05, 3.63) is 53.1 Å². The molecule has 0 atom stereocenters. The summed E-state index contributed by atoms with van der Waals surface area (Å²) in [5, 5.41) is 0.746. The number of fused-ring (bicyclic) bond motifs is 1. The maximum atomic E-state index is 13.4. The topological polar surface area (TPSA) is 45.7 Å². The van der Waals surface area contributed by atoms with Crippen molar-refractivity contribution in [3.8, 4) is 5.75 Å². The lowest BCUT2D eigenvalue weighted by Gasteiger charge is -2.22. The summed E-state index contributed by atoms with van der Waals surface area (Å²) in [5.41, 5.74) is 3.97. The number of nitrogens with zero attached hydrogens (tertiary/aromatic N) is 3. The molecule has 31 heavy (non-hydrogen) atoms. The number of hydrogen-bond donors (Lipinski definition) is 0. The Kier molecular flexibility index (Phi) is 8.04. The molecule has 0 saturated heterocycles. The van der Waals surface area contributed by atoms with Crippen LogP contribution in [0, 0.1) is 13.8 Å². The number of carbonyl (C=O) groups excluding carboxylic acids is 1. The van der Waals surface area contributed by atoms with Crippen LogP contribution in [0.2, 0.25) is 0 Å². The standard InChI is InChI=1S/C25H33N3O2S/c1-6-7-8-15-30-21-11-9-20(10-12-21)24(29)28(14-13-27(4)5)25-26-23-19(3)16-18(2)17-22(23)31-25/h9-12,16-17H,6-8,13-15H2,1-5H3. The lowest BCUT2D eigenvalue weighted by molar-refractivity contribution is 0.0985. The van der Waals surface area contributed by atoms with Crippen molar-refractivity contribution in [2.24, 2.45) is 0 Å². The molecule has 6 heteroatoms. The van der Waals surface area contributed by atoms with Gasteiger partial charge < -0.3 is 9.64 Å². The number of likely N-dealkylation sites (N-methyl/N-ethyl adjacent to an activating group) is 1. The van der Waals surface area contributed by atoms with Gasteiger partial charge in [-0.2, -0.15) is 0 Å². The van der Waals surface area contributed by atoms with Crippen LogP contribution in [-0.2, 0) is 0 Å². The van der Waals surface area contributed by atoms with E-state index in [1.165, 1.54) is 18.4 Å². The number of amides is 1.